The summed E-state index contributed by atoms with van der Waals surface area (Å²) in [6.07, 6.45) is 21.0. The largest absolute Gasteiger partial charge is 0.309 e. The van der Waals surface area contributed by atoms with E-state index in [0.717, 1.165) is 35.5 Å². The Morgan fingerprint density at radius 3 is 1.91 bits per heavy atom. The number of fused-ring (bicyclic) bond motifs is 6. The van der Waals surface area contributed by atoms with Crippen molar-refractivity contribution in [2.75, 3.05) is 0 Å². The first-order valence-corrected chi connectivity index (χ1v) is 18.1. The summed E-state index contributed by atoms with van der Waals surface area (Å²) in [5.74, 6) is 2.13. The zero-order valence-electron chi connectivity index (χ0n) is 29.5. The topological polar surface area (TPSA) is 48.5 Å². The minimum Gasteiger partial charge on any atom is -0.309 e. The minimum atomic E-state index is 0.688. The van der Waals surface area contributed by atoms with Crippen LogP contribution in [-0.4, -0.2) is 24.1 Å². The number of aryl methyl sites for hydroxylation is 1. The molecule has 3 heterocycles. The maximum Gasteiger partial charge on any atom is 0.165 e. The lowest BCUT2D eigenvalue weighted by molar-refractivity contribution is 0.952. The number of para-hydroxylation sites is 5. The van der Waals surface area contributed by atoms with Gasteiger partial charge in [0.1, 0.15) is 5.82 Å². The zero-order valence-corrected chi connectivity index (χ0v) is 29.5. The average molecular weight is 684 g/mol. The van der Waals surface area contributed by atoms with Crippen LogP contribution in [0.4, 0.5) is 0 Å². The molecule has 0 fully saturated rings. The van der Waals surface area contributed by atoms with Crippen LogP contribution in [0.25, 0.3) is 73.2 Å². The van der Waals surface area contributed by atoms with Crippen LogP contribution >= 0.6 is 0 Å². The third-order valence-electron chi connectivity index (χ3n) is 9.79. The summed E-state index contributed by atoms with van der Waals surface area (Å²) in [6.45, 7) is 1.93. The highest BCUT2D eigenvalue weighted by atomic mass is 15.0. The van der Waals surface area contributed by atoms with Crippen molar-refractivity contribution in [2.45, 2.75) is 19.8 Å². The minimum absolute atomic E-state index is 0.688. The number of rotatable bonds is 4. The Morgan fingerprint density at radius 1 is 0.509 bits per heavy atom. The van der Waals surface area contributed by atoms with Gasteiger partial charge in [-0.25, -0.2) is 15.0 Å². The van der Waals surface area contributed by atoms with Crippen LogP contribution in [0, 0.1) is 6.92 Å². The van der Waals surface area contributed by atoms with E-state index in [1.807, 2.05) is 25.1 Å². The number of hydrogen-bond acceptors (Lipinski definition) is 3. The highest BCUT2D eigenvalue weighted by Gasteiger charge is 2.18. The third kappa shape index (κ3) is 6.02. The van der Waals surface area contributed by atoms with Crippen LogP contribution in [0.5, 0.6) is 0 Å². The first-order valence-electron chi connectivity index (χ1n) is 18.1. The zero-order chi connectivity index (χ0) is 35.6. The van der Waals surface area contributed by atoms with Crippen molar-refractivity contribution in [3.63, 3.8) is 0 Å². The molecule has 254 valence electrons. The van der Waals surface area contributed by atoms with Gasteiger partial charge in [0.05, 0.1) is 27.9 Å². The van der Waals surface area contributed by atoms with Crippen molar-refractivity contribution >= 4 is 50.4 Å². The smallest absolute Gasteiger partial charge is 0.165 e. The molecule has 0 aliphatic heterocycles. The van der Waals surface area contributed by atoms with E-state index >= 15 is 0 Å². The molecule has 0 saturated carbocycles. The molecule has 0 unspecified atom stereocenters. The van der Waals surface area contributed by atoms with Gasteiger partial charge in [-0.2, -0.15) is 0 Å². The molecule has 2 aliphatic rings. The highest BCUT2D eigenvalue weighted by Crippen LogP contribution is 2.36. The van der Waals surface area contributed by atoms with Gasteiger partial charge in [-0.3, -0.25) is 0 Å². The predicted molar refractivity (Wildman–Crippen MR) is 221 cm³/mol. The van der Waals surface area contributed by atoms with E-state index in [0.29, 0.717) is 11.6 Å². The summed E-state index contributed by atoms with van der Waals surface area (Å²) in [5.41, 5.74) is 10.5. The van der Waals surface area contributed by atoms with Crippen LogP contribution in [0.15, 0.2) is 170 Å². The molecule has 0 amide bonds. The molecule has 0 radical (unpaired) electrons. The van der Waals surface area contributed by atoms with Crippen molar-refractivity contribution in [1.82, 2.24) is 24.1 Å². The van der Waals surface area contributed by atoms with E-state index in [2.05, 4.69) is 178 Å². The van der Waals surface area contributed by atoms with Crippen LogP contribution in [0.2, 0.25) is 0 Å². The summed E-state index contributed by atoms with van der Waals surface area (Å²) in [5, 5.41) is 3.78. The fourth-order valence-corrected chi connectivity index (χ4v) is 7.45. The predicted octanol–water partition coefficient (Wildman–Crippen LogP) is 11.9. The van der Waals surface area contributed by atoms with Crippen molar-refractivity contribution in [3.8, 4) is 22.8 Å². The Bertz CT molecular complexity index is 2740. The van der Waals surface area contributed by atoms with Crippen molar-refractivity contribution in [2.24, 2.45) is 0 Å². The second kappa shape index (κ2) is 14.0. The Morgan fingerprint density at radius 2 is 1.13 bits per heavy atom. The van der Waals surface area contributed by atoms with Gasteiger partial charge in [0.15, 0.2) is 11.6 Å². The number of allylic oxidation sites excluding steroid dienone is 8. The summed E-state index contributed by atoms with van der Waals surface area (Å²) < 4.78 is 4.66. The van der Waals surface area contributed by atoms with Crippen molar-refractivity contribution in [1.29, 1.82) is 0 Å². The van der Waals surface area contributed by atoms with Crippen molar-refractivity contribution < 1.29 is 0 Å². The van der Waals surface area contributed by atoms with Gasteiger partial charge >= 0.3 is 0 Å². The molecule has 0 N–H and O–H groups in total. The third-order valence-corrected chi connectivity index (χ3v) is 9.79. The Balaban J connectivity index is 0.000000158. The van der Waals surface area contributed by atoms with Gasteiger partial charge < -0.3 is 9.13 Å². The monoisotopic (exact) mass is 683 g/mol. The molecule has 2 aliphatic carbocycles. The average Bonchev–Trinajstić information content (AvgIpc) is 3.40. The highest BCUT2D eigenvalue weighted by molar-refractivity contribution is 6.09. The second-order valence-corrected chi connectivity index (χ2v) is 13.2. The lowest BCUT2D eigenvalue weighted by Crippen LogP contribution is -2.05. The molecule has 0 spiro atoms. The van der Waals surface area contributed by atoms with Gasteiger partial charge in [0.2, 0.25) is 0 Å². The summed E-state index contributed by atoms with van der Waals surface area (Å²) in [4.78, 5) is 14.3. The van der Waals surface area contributed by atoms with Gasteiger partial charge in [-0.05, 0) is 68.3 Å². The van der Waals surface area contributed by atoms with Crippen molar-refractivity contribution in [3.05, 3.63) is 193 Å². The van der Waals surface area contributed by atoms with E-state index in [1.54, 1.807) is 0 Å². The SMILES string of the molecule is C1=Cc2c(n(-c3ccccc3)c3ccccc23)C=CC1.Cc1nc(C2=CC=CC=CC2)nc(-c2ccccc2-n2c3ccccc3c3ccccc32)n1. The van der Waals surface area contributed by atoms with Gasteiger partial charge in [-0.15, -0.1) is 0 Å². The first-order chi connectivity index (χ1) is 26.2. The molecule has 53 heavy (non-hydrogen) atoms. The maximum absolute atomic E-state index is 4.93. The molecule has 5 aromatic carbocycles. The van der Waals surface area contributed by atoms with Crippen LogP contribution in [0.1, 0.15) is 35.7 Å². The van der Waals surface area contributed by atoms with Gasteiger partial charge in [0, 0.05) is 38.5 Å². The maximum atomic E-state index is 4.93. The molecule has 5 heteroatoms. The molecule has 0 bridgehead atoms. The van der Waals surface area contributed by atoms with E-state index in [4.69, 9.17) is 9.97 Å². The Labute approximate surface area is 308 Å². The number of benzene rings is 5. The summed E-state index contributed by atoms with van der Waals surface area (Å²) in [7, 11) is 0. The van der Waals surface area contributed by atoms with Crippen LogP contribution in [0.3, 0.4) is 0 Å². The molecule has 3 aromatic heterocycles. The lowest BCUT2D eigenvalue weighted by Gasteiger charge is -2.14. The second-order valence-electron chi connectivity index (χ2n) is 13.2. The Hall–Kier alpha value is -6.85. The number of hydrogen-bond donors (Lipinski definition) is 0. The molecule has 5 nitrogen and oxygen atoms in total. The summed E-state index contributed by atoms with van der Waals surface area (Å²) >= 11 is 0. The normalized spacial score (nSPS) is 13.4. The molecular formula is C48H37N5. The Kier molecular flexibility index (Phi) is 8.50. The standard InChI is InChI=1S/C29H22N4.C19H15N/c1-20-30-28(21-12-4-2-3-5-13-21)32-29(31-20)24-16-8-11-19-27(24)33-25-17-9-6-14-22(25)23-15-7-10-18-26(23)33;1-3-9-15(10-4-1)20-18-13-6-2-5-11-16(18)17-12-7-8-14-19(17)20/h2-12,14-19H,13H2,1H3;1,3-14H,2H2. The molecule has 0 saturated heterocycles. The van der Waals surface area contributed by atoms with E-state index < -0.39 is 0 Å². The molecular weight excluding hydrogens is 647 g/mol. The molecule has 8 aromatic rings. The lowest BCUT2D eigenvalue weighted by atomic mass is 10.1. The van der Waals surface area contributed by atoms with E-state index in [-0.39, 0.29) is 0 Å². The van der Waals surface area contributed by atoms with Crippen LogP contribution in [-0.2, 0) is 0 Å². The number of nitrogens with zero attached hydrogens (tertiary/aromatic N) is 5. The first kappa shape index (κ1) is 32.1. The molecule has 0 atom stereocenters. The van der Waals surface area contributed by atoms with Gasteiger partial charge in [0.25, 0.3) is 0 Å². The summed E-state index contributed by atoms with van der Waals surface area (Å²) in [6, 6.07) is 44.6. The fraction of sp³-hybridized carbons (Fsp3) is 0.0625. The van der Waals surface area contributed by atoms with Gasteiger partial charge in [-0.1, -0.05) is 134 Å². The van der Waals surface area contributed by atoms with E-state index in [1.165, 1.54) is 49.7 Å². The molecule has 10 rings (SSSR count). The van der Waals surface area contributed by atoms with Crippen LogP contribution < -0.4 is 0 Å². The quantitative estimate of drug-likeness (QED) is 0.185. The number of aromatic nitrogens is 5. The van der Waals surface area contributed by atoms with E-state index in [9.17, 15) is 0 Å². The fourth-order valence-electron chi connectivity index (χ4n) is 7.45.